The van der Waals surface area contributed by atoms with E-state index in [9.17, 15) is 20.4 Å². The van der Waals surface area contributed by atoms with Crippen LogP contribution in [-0.2, 0) is 6.54 Å². The van der Waals surface area contributed by atoms with E-state index in [1.807, 2.05) is 12.1 Å². The zero-order chi connectivity index (χ0) is 40.6. The van der Waals surface area contributed by atoms with Crippen LogP contribution in [0.1, 0.15) is 125 Å². The molecule has 6 nitrogen and oxygen atoms in total. The van der Waals surface area contributed by atoms with Gasteiger partial charge in [0.15, 0.2) is 6.29 Å². The molecule has 7 rings (SSSR count). The average molecular weight is 792 g/mol. The van der Waals surface area contributed by atoms with Crippen LogP contribution in [0.3, 0.4) is 0 Å². The molecule has 1 aromatic carbocycles. The summed E-state index contributed by atoms with van der Waals surface area (Å²) in [4.78, 5) is 4.65. The maximum absolute atomic E-state index is 12.8. The molecule has 0 aliphatic heterocycles. The minimum absolute atomic E-state index is 0.0540. The van der Waals surface area contributed by atoms with E-state index >= 15 is 0 Å². The van der Waals surface area contributed by atoms with Crippen molar-refractivity contribution in [3.63, 3.8) is 0 Å². The third-order valence-corrected chi connectivity index (χ3v) is 18.0. The molecule has 3 unspecified atom stereocenters. The number of halogens is 1. The maximum Gasteiger partial charge on any atom is 0.154 e. The van der Waals surface area contributed by atoms with Gasteiger partial charge in [0.05, 0.1) is 12.2 Å². The van der Waals surface area contributed by atoms with Crippen LogP contribution in [-0.4, -0.2) is 82.5 Å². The fourth-order valence-electron chi connectivity index (χ4n) is 14.7. The standard InChI is InChI=1S/C49H75ClN2O4/c1-31(2)42-38(53)28-49(41(54)30-52(27-26-51(8)9)29-32-10-16-35(50)17-11-32)25-24-47(6)37(43(42)49)18-19-40-46(5)22-20-36(33-12-14-34(15-13-33)44(55)56)45(3,4)39(46)21-23-48(40,47)7/h10-12,16-17,20,31,34,37-41,44,53-56H,13-15,18-19,21-30H2,1-9H3/t34?,37-,38?,39+,40-,41?,46+,47-,48-,49+/m1/s1. The normalized spacial score (nSPS) is 38.6. The zero-order valence-corrected chi connectivity index (χ0v) is 37.0. The lowest BCUT2D eigenvalue weighted by Gasteiger charge is -2.71. The largest absolute Gasteiger partial charge is 0.391 e. The molecule has 3 saturated carbocycles. The van der Waals surface area contributed by atoms with Crippen molar-refractivity contribution >= 4 is 11.6 Å². The van der Waals surface area contributed by atoms with Gasteiger partial charge >= 0.3 is 0 Å². The second-order valence-corrected chi connectivity index (χ2v) is 21.9. The number of fused-ring (bicyclic) bond motifs is 7. The minimum Gasteiger partial charge on any atom is -0.391 e. The second-order valence-electron chi connectivity index (χ2n) is 21.4. The molecule has 0 spiro atoms. The SMILES string of the molecule is CC(C)C1=C2[C@H]3CC[C@@H]4[C@@]5(C)CC=C(C6=CCC(C(O)O)CC6)C(C)(C)[C@@H]5CC[C@@]4(C)[C@]3(C)CC[C@@]2(C(O)CN(CCN(C)C)Cc2ccc(Cl)cc2)CC1O. The summed E-state index contributed by atoms with van der Waals surface area (Å²) in [5, 5.41) is 45.2. The number of rotatable bonds is 11. The van der Waals surface area contributed by atoms with Gasteiger partial charge in [-0.05, 0) is 164 Å². The predicted octanol–water partition coefficient (Wildman–Crippen LogP) is 9.41. The quantitative estimate of drug-likeness (QED) is 0.132. The molecule has 312 valence electrons. The fourth-order valence-corrected chi connectivity index (χ4v) is 14.8. The van der Waals surface area contributed by atoms with Crippen molar-refractivity contribution < 1.29 is 20.4 Å². The molecule has 10 atom stereocenters. The summed E-state index contributed by atoms with van der Waals surface area (Å²) in [6.07, 6.45) is 13.7. The summed E-state index contributed by atoms with van der Waals surface area (Å²) in [5.74, 6) is 1.74. The van der Waals surface area contributed by atoms with Gasteiger partial charge in [-0.2, -0.15) is 0 Å². The van der Waals surface area contributed by atoms with Crippen LogP contribution in [0.25, 0.3) is 0 Å². The molecule has 0 saturated heterocycles. The minimum atomic E-state index is -1.23. The molecule has 3 fully saturated rings. The van der Waals surface area contributed by atoms with E-state index in [1.54, 1.807) is 0 Å². The van der Waals surface area contributed by atoms with Crippen molar-refractivity contribution in [2.45, 2.75) is 144 Å². The van der Waals surface area contributed by atoms with Crippen LogP contribution < -0.4 is 0 Å². The molecule has 56 heavy (non-hydrogen) atoms. The summed E-state index contributed by atoms with van der Waals surface area (Å²) in [7, 11) is 4.23. The van der Waals surface area contributed by atoms with Gasteiger partial charge in [-0.1, -0.05) is 89.9 Å². The van der Waals surface area contributed by atoms with Crippen molar-refractivity contribution in [3.8, 4) is 0 Å². The lowest BCUT2D eigenvalue weighted by Crippen LogP contribution is -2.65. The highest BCUT2D eigenvalue weighted by molar-refractivity contribution is 6.30. The van der Waals surface area contributed by atoms with Crippen LogP contribution in [0.2, 0.25) is 5.02 Å². The Labute approximate surface area is 344 Å². The van der Waals surface area contributed by atoms with Gasteiger partial charge in [0, 0.05) is 42.5 Å². The van der Waals surface area contributed by atoms with E-state index < -0.39 is 23.9 Å². The lowest BCUT2D eigenvalue weighted by atomic mass is 9.33. The Morgan fingerprint density at radius 3 is 2.18 bits per heavy atom. The lowest BCUT2D eigenvalue weighted by molar-refractivity contribution is -0.203. The summed E-state index contributed by atoms with van der Waals surface area (Å²) in [6.45, 7) is 20.6. The van der Waals surface area contributed by atoms with Gasteiger partial charge in [-0.15, -0.1) is 0 Å². The summed E-state index contributed by atoms with van der Waals surface area (Å²) < 4.78 is 0. The first-order chi connectivity index (χ1) is 26.3. The van der Waals surface area contributed by atoms with Crippen LogP contribution in [0, 0.1) is 56.7 Å². The van der Waals surface area contributed by atoms with Gasteiger partial charge < -0.3 is 25.3 Å². The van der Waals surface area contributed by atoms with Gasteiger partial charge in [0.2, 0.25) is 0 Å². The zero-order valence-electron chi connectivity index (χ0n) is 36.3. The van der Waals surface area contributed by atoms with Crippen LogP contribution in [0.5, 0.6) is 0 Å². The second kappa shape index (κ2) is 15.5. The molecule has 0 aromatic heterocycles. The first kappa shape index (κ1) is 42.6. The van der Waals surface area contributed by atoms with Gasteiger partial charge in [0.1, 0.15) is 0 Å². The number of benzene rings is 1. The van der Waals surface area contributed by atoms with Gasteiger partial charge in [-0.25, -0.2) is 0 Å². The average Bonchev–Trinajstić information content (AvgIpc) is 3.45. The molecule has 6 aliphatic carbocycles. The first-order valence-electron chi connectivity index (χ1n) is 22.3. The smallest absolute Gasteiger partial charge is 0.154 e. The van der Waals surface area contributed by atoms with E-state index in [0.717, 1.165) is 69.6 Å². The molecule has 0 amide bonds. The molecule has 4 N–H and O–H groups in total. The highest BCUT2D eigenvalue weighted by atomic mass is 35.5. The molecule has 0 radical (unpaired) electrons. The first-order valence-corrected chi connectivity index (χ1v) is 22.6. The van der Waals surface area contributed by atoms with Crippen LogP contribution in [0.15, 0.2) is 58.7 Å². The topological polar surface area (TPSA) is 87.4 Å². The van der Waals surface area contributed by atoms with Crippen LogP contribution >= 0.6 is 11.6 Å². The number of hydrogen-bond donors (Lipinski definition) is 4. The Morgan fingerprint density at radius 2 is 1.55 bits per heavy atom. The molecular formula is C49H75ClN2O4. The summed E-state index contributed by atoms with van der Waals surface area (Å²) in [5.41, 5.74) is 6.94. The summed E-state index contributed by atoms with van der Waals surface area (Å²) in [6, 6.07) is 8.14. The van der Waals surface area contributed by atoms with E-state index in [-0.39, 0.29) is 33.5 Å². The third-order valence-electron chi connectivity index (χ3n) is 17.7. The molecule has 0 heterocycles. The third kappa shape index (κ3) is 6.95. The number of nitrogens with zero attached hydrogens (tertiary/aromatic N) is 2. The maximum atomic E-state index is 12.8. The predicted molar refractivity (Wildman–Crippen MR) is 229 cm³/mol. The van der Waals surface area contributed by atoms with Crippen molar-refractivity contribution in [2.75, 3.05) is 33.7 Å². The highest BCUT2D eigenvalue weighted by Crippen LogP contribution is 2.77. The molecule has 1 aromatic rings. The Bertz CT molecular complexity index is 1700. The number of hydrogen-bond acceptors (Lipinski definition) is 6. The van der Waals surface area contributed by atoms with Crippen molar-refractivity contribution in [1.82, 2.24) is 9.80 Å². The Morgan fingerprint density at radius 1 is 0.839 bits per heavy atom. The number of aliphatic hydroxyl groups excluding tert-OH is 3. The van der Waals surface area contributed by atoms with Crippen molar-refractivity contribution in [3.05, 3.63) is 69.3 Å². The molecular weight excluding hydrogens is 716 g/mol. The highest BCUT2D eigenvalue weighted by Gasteiger charge is 2.70. The molecule has 6 aliphatic rings. The van der Waals surface area contributed by atoms with E-state index in [0.29, 0.717) is 30.7 Å². The fraction of sp³-hybridized carbons (Fsp3) is 0.755. The molecule has 7 heteroatoms. The Hall–Kier alpha value is -1.51. The van der Waals surface area contributed by atoms with E-state index in [2.05, 4.69) is 96.6 Å². The number of aliphatic hydroxyl groups is 4. The van der Waals surface area contributed by atoms with Gasteiger partial charge in [-0.3, -0.25) is 4.90 Å². The Balaban J connectivity index is 1.19. The van der Waals surface area contributed by atoms with Crippen molar-refractivity contribution in [1.29, 1.82) is 0 Å². The van der Waals surface area contributed by atoms with E-state index in [1.165, 1.54) is 47.1 Å². The Kier molecular flexibility index (Phi) is 11.8. The summed E-state index contributed by atoms with van der Waals surface area (Å²) >= 11 is 6.26. The number of likely N-dealkylation sites (N-methyl/N-ethyl adjacent to an activating group) is 1. The monoisotopic (exact) mass is 791 g/mol. The van der Waals surface area contributed by atoms with Crippen LogP contribution in [0.4, 0.5) is 0 Å². The molecule has 0 bridgehead atoms. The van der Waals surface area contributed by atoms with Gasteiger partial charge in [0.25, 0.3) is 0 Å². The van der Waals surface area contributed by atoms with E-state index in [4.69, 9.17) is 11.6 Å². The number of allylic oxidation sites excluding steroid dienone is 4. The van der Waals surface area contributed by atoms with Crippen molar-refractivity contribution in [2.24, 2.45) is 56.7 Å².